The molecule has 0 bridgehead atoms. The summed E-state index contributed by atoms with van der Waals surface area (Å²) in [5.74, 6) is 3.17. The minimum Gasteiger partial charge on any atom is -0.497 e. The van der Waals surface area contributed by atoms with Gasteiger partial charge in [-0.2, -0.15) is 4.98 Å². The maximum Gasteiger partial charge on any atom is 0.323 e. The molecule has 0 aliphatic carbocycles. The van der Waals surface area contributed by atoms with E-state index in [1.807, 2.05) is 68.4 Å². The number of methoxy groups -OCH3 is 3. The Bertz CT molecular complexity index is 2180. The highest BCUT2D eigenvalue weighted by Gasteiger charge is 2.24. The lowest BCUT2D eigenvalue weighted by atomic mass is 9.84. The lowest BCUT2D eigenvalue weighted by Gasteiger charge is -2.24. The van der Waals surface area contributed by atoms with Crippen LogP contribution < -0.4 is 29.6 Å². The van der Waals surface area contributed by atoms with Crippen LogP contribution in [-0.4, -0.2) is 82.8 Å². The van der Waals surface area contributed by atoms with Crippen LogP contribution in [-0.2, 0) is 26.0 Å². The van der Waals surface area contributed by atoms with E-state index in [4.69, 9.17) is 38.1 Å². The molecule has 0 saturated heterocycles. The van der Waals surface area contributed by atoms with Gasteiger partial charge in [0.05, 0.1) is 64.2 Å². The highest BCUT2D eigenvalue weighted by molar-refractivity contribution is 6.09. The minimum atomic E-state index is -0.491. The van der Waals surface area contributed by atoms with E-state index in [1.54, 1.807) is 38.6 Å². The normalized spacial score (nSPS) is 11.4. The smallest absolute Gasteiger partial charge is 0.323 e. The minimum absolute atomic E-state index is 0.0439. The molecule has 1 aromatic heterocycles. The largest absolute Gasteiger partial charge is 0.497 e. The number of rotatable bonds is 21. The van der Waals surface area contributed by atoms with Crippen LogP contribution in [0.1, 0.15) is 68.3 Å². The van der Waals surface area contributed by atoms with Crippen LogP contribution in [0.4, 0.5) is 16.2 Å². The Kier molecular flexibility index (Phi) is 16.0. The molecule has 4 aromatic carbocycles. The number of carbonyl (C=O) groups is 2. The first-order chi connectivity index (χ1) is 28.4. The van der Waals surface area contributed by atoms with Crippen molar-refractivity contribution in [3.8, 4) is 28.9 Å². The monoisotopic (exact) mass is 808 g/mol. The zero-order valence-electron chi connectivity index (χ0n) is 35.3. The van der Waals surface area contributed by atoms with Crippen LogP contribution in [0.3, 0.4) is 0 Å². The Hall–Kier alpha value is -5.76. The lowest BCUT2D eigenvalue weighted by molar-refractivity contribution is 0.0179. The third-order valence-corrected chi connectivity index (χ3v) is 9.17. The van der Waals surface area contributed by atoms with Crippen LogP contribution in [0.5, 0.6) is 28.9 Å². The molecule has 314 valence electrons. The van der Waals surface area contributed by atoms with Gasteiger partial charge in [-0.05, 0) is 58.9 Å². The first-order valence-corrected chi connectivity index (χ1v) is 19.7. The molecule has 0 aliphatic rings. The van der Waals surface area contributed by atoms with E-state index >= 15 is 0 Å². The van der Waals surface area contributed by atoms with E-state index in [1.165, 1.54) is 7.11 Å². The number of amides is 2. The van der Waals surface area contributed by atoms with E-state index in [-0.39, 0.29) is 17.1 Å². The first-order valence-electron chi connectivity index (χ1n) is 19.7. The Labute approximate surface area is 346 Å². The number of carbonyl (C=O) groups excluding carboxylic acids is 2. The Balaban J connectivity index is 1.28. The average molecular weight is 809 g/mol. The summed E-state index contributed by atoms with van der Waals surface area (Å²) < 4.78 is 39.5. The fourth-order valence-electron chi connectivity index (χ4n) is 6.24. The van der Waals surface area contributed by atoms with E-state index in [9.17, 15) is 9.59 Å². The maximum absolute atomic E-state index is 13.6. The summed E-state index contributed by atoms with van der Waals surface area (Å²) >= 11 is 0. The lowest BCUT2D eigenvalue weighted by Crippen LogP contribution is -2.22. The van der Waals surface area contributed by atoms with Gasteiger partial charge in [0, 0.05) is 49.1 Å². The van der Waals surface area contributed by atoms with Gasteiger partial charge in [-0.3, -0.25) is 4.79 Å². The quantitative estimate of drug-likeness (QED) is 0.0540. The molecule has 0 aliphatic heterocycles. The fraction of sp³-hybridized carbons (Fsp3) is 0.391. The number of hydrogen-bond donors (Lipinski definition) is 2. The van der Waals surface area contributed by atoms with Gasteiger partial charge < -0.3 is 43.8 Å². The second-order valence-electron chi connectivity index (χ2n) is 15.3. The van der Waals surface area contributed by atoms with E-state index < -0.39 is 6.03 Å². The third-order valence-electron chi connectivity index (χ3n) is 9.17. The van der Waals surface area contributed by atoms with Crippen molar-refractivity contribution in [3.05, 3.63) is 102 Å². The predicted octanol–water partition coefficient (Wildman–Crippen LogP) is 9.26. The molecule has 13 nitrogen and oxygen atoms in total. The molecule has 0 fully saturated rings. The first kappa shape index (κ1) is 44.3. The number of urea groups is 1. The molecule has 1 heterocycles. The molecule has 5 aromatic rings. The number of fused-ring (bicyclic) bond motifs is 1. The van der Waals surface area contributed by atoms with Gasteiger partial charge in [0.2, 0.25) is 5.88 Å². The van der Waals surface area contributed by atoms with Crippen LogP contribution >= 0.6 is 0 Å². The van der Waals surface area contributed by atoms with Crippen molar-refractivity contribution in [2.45, 2.75) is 52.9 Å². The highest BCUT2D eigenvalue weighted by Crippen LogP contribution is 2.38. The van der Waals surface area contributed by atoms with E-state index in [0.29, 0.717) is 104 Å². The second-order valence-corrected chi connectivity index (χ2v) is 15.3. The average Bonchev–Trinajstić information content (AvgIpc) is 3.20. The van der Waals surface area contributed by atoms with Crippen molar-refractivity contribution in [2.75, 3.05) is 71.6 Å². The van der Waals surface area contributed by atoms with Crippen molar-refractivity contribution in [2.24, 2.45) is 5.92 Å². The van der Waals surface area contributed by atoms with Gasteiger partial charge in [-0.25, -0.2) is 9.78 Å². The summed E-state index contributed by atoms with van der Waals surface area (Å²) in [5, 5.41) is 7.45. The van der Waals surface area contributed by atoms with E-state index in [0.717, 1.165) is 21.9 Å². The molecule has 0 unspecified atom stereocenters. The zero-order chi connectivity index (χ0) is 42.4. The number of nitrogens with zero attached hydrogens (tertiary/aromatic N) is 2. The maximum atomic E-state index is 13.6. The van der Waals surface area contributed by atoms with E-state index in [2.05, 4.69) is 36.4 Å². The number of ether oxygens (including phenoxy) is 7. The van der Waals surface area contributed by atoms with Crippen LogP contribution in [0.25, 0.3) is 10.8 Å². The van der Waals surface area contributed by atoms with Gasteiger partial charge >= 0.3 is 6.03 Å². The SMILES string of the molecule is COCCOCCOCCOc1cc(Cc2nccc(Oc3ccc(NC(=O)Nc4cc(C(C)(C)C)cc(C(=O)CC(C)C)c4OC)c4ccccc34)n2)cc(OC)c1. The van der Waals surface area contributed by atoms with Gasteiger partial charge in [0.1, 0.15) is 29.7 Å². The molecule has 0 atom stereocenters. The molecule has 2 amide bonds. The van der Waals surface area contributed by atoms with Gasteiger partial charge in [-0.1, -0.05) is 58.9 Å². The summed E-state index contributed by atoms with van der Waals surface area (Å²) in [6.07, 6.45) is 2.41. The third kappa shape index (κ3) is 12.9. The van der Waals surface area contributed by atoms with Crippen molar-refractivity contribution in [1.82, 2.24) is 9.97 Å². The van der Waals surface area contributed by atoms with Crippen LogP contribution in [0.2, 0.25) is 0 Å². The van der Waals surface area contributed by atoms with Crippen molar-refractivity contribution in [1.29, 1.82) is 0 Å². The number of benzene rings is 4. The molecule has 0 radical (unpaired) electrons. The summed E-state index contributed by atoms with van der Waals surface area (Å²) in [5.41, 5.74) is 2.92. The summed E-state index contributed by atoms with van der Waals surface area (Å²) in [4.78, 5) is 36.1. The van der Waals surface area contributed by atoms with Gasteiger partial charge in [0.15, 0.2) is 11.5 Å². The Morgan fingerprint density at radius 2 is 1.44 bits per heavy atom. The fourth-order valence-corrected chi connectivity index (χ4v) is 6.24. The van der Waals surface area contributed by atoms with Gasteiger partial charge in [-0.15, -0.1) is 0 Å². The topological polar surface area (TPSA) is 149 Å². The molecule has 0 spiro atoms. The van der Waals surface area contributed by atoms with Crippen molar-refractivity contribution < 1.29 is 42.7 Å². The Morgan fingerprint density at radius 1 is 0.746 bits per heavy atom. The molecular formula is C46H56N4O9. The van der Waals surface area contributed by atoms with Gasteiger partial charge in [0.25, 0.3) is 0 Å². The zero-order valence-corrected chi connectivity index (χ0v) is 35.3. The second kappa shape index (κ2) is 21.3. The van der Waals surface area contributed by atoms with Crippen LogP contribution in [0.15, 0.2) is 79.0 Å². The number of hydrogen-bond acceptors (Lipinski definition) is 11. The molecule has 5 rings (SSSR count). The molecule has 59 heavy (non-hydrogen) atoms. The number of Topliss-reactive ketones (excluding diaryl/α,β-unsaturated/α-hetero) is 1. The molecular weight excluding hydrogens is 753 g/mol. The summed E-state index contributed by atoms with van der Waals surface area (Å²) in [7, 11) is 4.74. The summed E-state index contributed by atoms with van der Waals surface area (Å²) in [6, 6.07) is 21.8. The Morgan fingerprint density at radius 3 is 2.14 bits per heavy atom. The molecule has 2 N–H and O–H groups in total. The number of nitrogens with one attached hydrogen (secondary N) is 2. The molecule has 13 heteroatoms. The van der Waals surface area contributed by atoms with Crippen LogP contribution in [0, 0.1) is 5.92 Å². The number of anilines is 2. The number of ketones is 1. The van der Waals surface area contributed by atoms with Crippen molar-refractivity contribution >= 4 is 34.0 Å². The summed E-state index contributed by atoms with van der Waals surface area (Å²) in [6.45, 7) is 13.0. The van der Waals surface area contributed by atoms with Crippen molar-refractivity contribution in [3.63, 3.8) is 0 Å². The molecule has 0 saturated carbocycles. The standard InChI is InChI=1S/C46H56N4O9/c1-30(2)23-40(51)37-27-32(46(3,4)5)28-39(44(37)55-8)49-45(52)48-38-13-14-41(36-12-10-9-11-35(36)38)59-43-15-16-47-42(50-43)26-31-24-33(54-7)29-34(25-31)58-22-21-57-20-19-56-18-17-53-6/h9-16,24-25,27-30H,17-23,26H2,1-8H3,(H2,48,49,52). The predicted molar refractivity (Wildman–Crippen MR) is 229 cm³/mol. The highest BCUT2D eigenvalue weighted by atomic mass is 16.6. The number of aromatic nitrogens is 2.